The van der Waals surface area contributed by atoms with E-state index in [1.807, 2.05) is 0 Å². The molecule has 0 aliphatic heterocycles. The second-order valence-corrected chi connectivity index (χ2v) is 34.2. The summed E-state index contributed by atoms with van der Waals surface area (Å²) in [5.41, 5.74) is 0. The Kier molecular flexibility index (Phi) is 2.48. The van der Waals surface area contributed by atoms with Gasteiger partial charge in [-0.25, -0.2) is 0 Å². The fourth-order valence-corrected chi connectivity index (χ4v) is 13.3. The molecule has 2 rings (SSSR count). The van der Waals surface area contributed by atoms with Crippen molar-refractivity contribution in [3.63, 3.8) is 0 Å². The molecular formula is C12H19SiZr-. The minimum Gasteiger partial charge on any atom is -1.00 e. The molecule has 0 fully saturated rings. The van der Waals surface area contributed by atoms with E-state index in [0.717, 1.165) is 0 Å². The molecule has 0 aromatic carbocycles. The maximum absolute atomic E-state index is 2.62. The van der Waals surface area contributed by atoms with E-state index < -0.39 is 17.4 Å². The Morgan fingerprint density at radius 3 is 1.79 bits per heavy atom. The molecule has 76 valence electrons. The summed E-state index contributed by atoms with van der Waals surface area (Å²) in [5.74, 6) is 0. The molecule has 2 aliphatic carbocycles. The van der Waals surface area contributed by atoms with Crippen LogP contribution >= 0.6 is 0 Å². The van der Waals surface area contributed by atoms with E-state index in [4.69, 9.17) is 0 Å². The van der Waals surface area contributed by atoms with Crippen molar-refractivity contribution in [1.29, 1.82) is 0 Å². The topological polar surface area (TPSA) is 0 Å². The summed E-state index contributed by atoms with van der Waals surface area (Å²) in [4.78, 5) is 0. The van der Waals surface area contributed by atoms with Crippen molar-refractivity contribution in [2.45, 2.75) is 22.1 Å². The van der Waals surface area contributed by atoms with E-state index in [2.05, 4.69) is 52.6 Å². The Morgan fingerprint density at radius 2 is 1.50 bits per heavy atom. The molecule has 0 saturated carbocycles. The van der Waals surface area contributed by atoms with Crippen molar-refractivity contribution in [1.82, 2.24) is 0 Å². The molecule has 0 aromatic heterocycles. The molecule has 0 nitrogen and oxygen atoms in total. The van der Waals surface area contributed by atoms with Gasteiger partial charge in [0.2, 0.25) is 0 Å². The summed E-state index contributed by atoms with van der Waals surface area (Å²) in [7, 11) is 0. The molecular weight excluding hydrogens is 263 g/mol. The fraction of sp³-hybridized carbons (Fsp3) is 0.333. The fourth-order valence-electron chi connectivity index (χ4n) is 2.29. The van der Waals surface area contributed by atoms with E-state index in [9.17, 15) is 0 Å². The van der Waals surface area contributed by atoms with Gasteiger partial charge in [0.1, 0.15) is 0 Å². The van der Waals surface area contributed by atoms with Crippen LogP contribution in [0.4, 0.5) is 0 Å². The molecule has 0 unspecified atom stereocenters. The molecule has 14 heavy (non-hydrogen) atoms. The smallest absolute Gasteiger partial charge is 1.00 e. The summed E-state index contributed by atoms with van der Waals surface area (Å²) in [5, 5.41) is 0. The average Bonchev–Trinajstić information content (AvgIpc) is 2.78. The predicted molar refractivity (Wildman–Crippen MR) is 65.1 cm³/mol. The van der Waals surface area contributed by atoms with Gasteiger partial charge < -0.3 is 1.43 Å². The minimum atomic E-state index is -2.62. The Labute approximate surface area is 90.4 Å². The molecule has 0 bridgehead atoms. The summed E-state index contributed by atoms with van der Waals surface area (Å²) in [6.45, 7) is 2.32. The normalized spacial score (nSPS) is 21.4. The van der Waals surface area contributed by atoms with Crippen molar-refractivity contribution in [2.75, 3.05) is 0 Å². The van der Waals surface area contributed by atoms with E-state index >= 15 is 0 Å². The summed E-state index contributed by atoms with van der Waals surface area (Å²) < 4.78 is 8.63. The van der Waals surface area contributed by atoms with Crippen LogP contribution in [0, 0.1) is 0 Å². The standard InChI is InChI=1S/2C5H5.2CH3.H2Si.Zr.H/c2*1-2-4-5-3-1;;;;;/h2*1-3H,4H2;2*1H3;1H2;;/q;;;;;;-1. The number of allylic oxidation sites excluding steroid dienone is 8. The van der Waals surface area contributed by atoms with Crippen LogP contribution in [0.5, 0.6) is 0 Å². The van der Waals surface area contributed by atoms with Crippen LogP contribution < -0.4 is 0 Å². The summed E-state index contributed by atoms with van der Waals surface area (Å²) in [6.07, 6.45) is 16.2. The van der Waals surface area contributed by atoms with Gasteiger partial charge in [0.15, 0.2) is 0 Å². The first-order chi connectivity index (χ1) is 6.49. The Morgan fingerprint density at radius 1 is 1.07 bits per heavy atom. The zero-order chi connectivity index (χ0) is 10.3. The van der Waals surface area contributed by atoms with Crippen LogP contribution in [-0.4, -0.2) is 6.88 Å². The monoisotopic (exact) mass is 281 g/mol. The van der Waals surface area contributed by atoms with Gasteiger partial charge in [-0.1, -0.05) is 0 Å². The van der Waals surface area contributed by atoms with E-state index in [1.165, 1.54) is 12.8 Å². The van der Waals surface area contributed by atoms with E-state index in [-0.39, 0.29) is 1.43 Å². The third-order valence-electron chi connectivity index (χ3n) is 3.60. The van der Waals surface area contributed by atoms with Crippen molar-refractivity contribution in [3.8, 4) is 0 Å². The first-order valence-corrected chi connectivity index (χ1v) is 18.6. The Hall–Kier alpha value is 0.0600. The zero-order valence-corrected chi connectivity index (χ0v) is 13.0. The van der Waals surface area contributed by atoms with Crippen molar-refractivity contribution < 1.29 is 18.8 Å². The molecule has 0 heterocycles. The summed E-state index contributed by atoms with van der Waals surface area (Å²) in [6, 6.07) is 0. The van der Waals surface area contributed by atoms with E-state index in [1.54, 1.807) is 6.56 Å². The van der Waals surface area contributed by atoms with Gasteiger partial charge in [-0.15, -0.1) is 0 Å². The quantitative estimate of drug-likeness (QED) is 0.683. The van der Waals surface area contributed by atoms with E-state index in [0.29, 0.717) is 0 Å². The second-order valence-electron chi connectivity index (χ2n) is 5.33. The molecule has 0 N–H and O–H groups in total. The van der Waals surface area contributed by atoms with Crippen molar-refractivity contribution in [2.24, 2.45) is 0 Å². The molecule has 0 spiro atoms. The third-order valence-corrected chi connectivity index (χ3v) is 20.9. The Bertz CT molecular complexity index is 410. The maximum atomic E-state index is 2.57. The first-order valence-electron chi connectivity index (χ1n) is 5.29. The summed E-state index contributed by atoms with van der Waals surface area (Å²) >= 11 is -2.62. The van der Waals surface area contributed by atoms with Gasteiger partial charge in [-0.3, -0.25) is 0 Å². The molecule has 0 amide bonds. The molecule has 0 saturated heterocycles. The van der Waals surface area contributed by atoms with Crippen LogP contribution in [0.25, 0.3) is 0 Å². The van der Waals surface area contributed by atoms with Gasteiger partial charge in [0.25, 0.3) is 0 Å². The van der Waals surface area contributed by atoms with Gasteiger partial charge >= 0.3 is 89.4 Å². The van der Waals surface area contributed by atoms with Gasteiger partial charge in [-0.05, 0) is 0 Å². The van der Waals surface area contributed by atoms with Crippen LogP contribution in [-0.2, 0) is 17.4 Å². The molecule has 0 aromatic rings. The van der Waals surface area contributed by atoms with Crippen LogP contribution in [0.2, 0.25) is 9.26 Å². The van der Waals surface area contributed by atoms with Crippen LogP contribution in [0.3, 0.4) is 0 Å². The van der Waals surface area contributed by atoms with Gasteiger partial charge in [0.05, 0.1) is 0 Å². The molecule has 0 atom stereocenters. The molecule has 2 heteroatoms. The van der Waals surface area contributed by atoms with Crippen molar-refractivity contribution >= 4 is 6.88 Å². The number of rotatable bonds is 2. The Balaban J connectivity index is 0.00000112. The van der Waals surface area contributed by atoms with Gasteiger partial charge in [0, 0.05) is 0 Å². The first kappa shape index (κ1) is 10.6. The average molecular weight is 283 g/mol. The SMILES string of the molecule is [CH3][Zr]([CH3])(=[SiH2])([C]1=CC=CC1)[C]1=CC=CC1.[H-]. The van der Waals surface area contributed by atoms with Gasteiger partial charge in [-0.2, -0.15) is 0 Å². The third kappa shape index (κ3) is 1.63. The van der Waals surface area contributed by atoms with Crippen LogP contribution in [0.1, 0.15) is 14.3 Å². The second kappa shape index (κ2) is 3.28. The molecule has 2 aliphatic rings. The number of hydrogen-bond donors (Lipinski definition) is 0. The van der Waals surface area contributed by atoms with Crippen molar-refractivity contribution in [3.05, 3.63) is 43.0 Å². The minimum absolute atomic E-state index is 0. The number of hydrogen-bond acceptors (Lipinski definition) is 0. The molecule has 0 radical (unpaired) electrons. The predicted octanol–water partition coefficient (Wildman–Crippen LogP) is 3.12. The zero-order valence-electron chi connectivity index (χ0n) is 10.1. The maximum Gasteiger partial charge on any atom is -1.00 e. The van der Waals surface area contributed by atoms with Crippen LogP contribution in [0.15, 0.2) is 43.0 Å². The largest absolute Gasteiger partial charge is 1.00 e.